The summed E-state index contributed by atoms with van der Waals surface area (Å²) in [6.07, 6.45) is -1.10. The summed E-state index contributed by atoms with van der Waals surface area (Å²) < 4.78 is 32.4. The van der Waals surface area contributed by atoms with Gasteiger partial charge in [0.15, 0.2) is 0 Å². The standard InChI is InChI=1S/C16H16F2O2/c1-2-20-12-6-3-5-11(9-12)16(19)10-13-14(17)7-4-8-15(13)18/h3-9,16,19H,2,10H2,1H3. The smallest absolute Gasteiger partial charge is 0.129 e. The van der Waals surface area contributed by atoms with Gasteiger partial charge in [-0.3, -0.25) is 0 Å². The molecule has 0 saturated carbocycles. The van der Waals surface area contributed by atoms with Gasteiger partial charge in [-0.15, -0.1) is 0 Å². The highest BCUT2D eigenvalue weighted by molar-refractivity contribution is 5.31. The van der Waals surface area contributed by atoms with Crippen molar-refractivity contribution in [3.05, 3.63) is 65.2 Å². The first-order valence-corrected chi connectivity index (χ1v) is 6.45. The first kappa shape index (κ1) is 14.5. The molecule has 1 unspecified atom stereocenters. The minimum Gasteiger partial charge on any atom is -0.494 e. The van der Waals surface area contributed by atoms with Gasteiger partial charge in [0.05, 0.1) is 12.7 Å². The monoisotopic (exact) mass is 278 g/mol. The van der Waals surface area contributed by atoms with E-state index in [-0.39, 0.29) is 12.0 Å². The Bertz CT molecular complexity index is 564. The Morgan fingerprint density at radius 2 is 1.75 bits per heavy atom. The topological polar surface area (TPSA) is 29.5 Å². The van der Waals surface area contributed by atoms with Crippen LogP contribution in [0.5, 0.6) is 5.75 Å². The van der Waals surface area contributed by atoms with Crippen molar-refractivity contribution in [3.63, 3.8) is 0 Å². The van der Waals surface area contributed by atoms with Crippen LogP contribution in [0.1, 0.15) is 24.2 Å². The molecular formula is C16H16F2O2. The lowest BCUT2D eigenvalue weighted by molar-refractivity contribution is 0.175. The van der Waals surface area contributed by atoms with Gasteiger partial charge in [-0.1, -0.05) is 18.2 Å². The van der Waals surface area contributed by atoms with Crippen LogP contribution in [0.15, 0.2) is 42.5 Å². The summed E-state index contributed by atoms with van der Waals surface area (Å²) in [4.78, 5) is 0. The van der Waals surface area contributed by atoms with Gasteiger partial charge in [0, 0.05) is 12.0 Å². The molecule has 2 aromatic carbocycles. The van der Waals surface area contributed by atoms with E-state index in [4.69, 9.17) is 4.74 Å². The quantitative estimate of drug-likeness (QED) is 0.904. The van der Waals surface area contributed by atoms with Crippen LogP contribution in [0.2, 0.25) is 0 Å². The maximum Gasteiger partial charge on any atom is 0.129 e. The average molecular weight is 278 g/mol. The number of hydrogen-bond donors (Lipinski definition) is 1. The fourth-order valence-corrected chi connectivity index (χ4v) is 2.02. The first-order valence-electron chi connectivity index (χ1n) is 6.45. The molecule has 0 saturated heterocycles. The zero-order valence-corrected chi connectivity index (χ0v) is 11.1. The van der Waals surface area contributed by atoms with E-state index >= 15 is 0 Å². The Kier molecular flexibility index (Phi) is 4.69. The van der Waals surface area contributed by atoms with Crippen LogP contribution in [-0.4, -0.2) is 11.7 Å². The van der Waals surface area contributed by atoms with Gasteiger partial charge >= 0.3 is 0 Å². The van der Waals surface area contributed by atoms with Crippen molar-refractivity contribution in [2.75, 3.05) is 6.61 Å². The molecule has 0 aliphatic carbocycles. The summed E-state index contributed by atoms with van der Waals surface area (Å²) in [5.74, 6) is -0.673. The Morgan fingerprint density at radius 1 is 1.10 bits per heavy atom. The van der Waals surface area contributed by atoms with Gasteiger partial charge in [0.1, 0.15) is 17.4 Å². The molecule has 20 heavy (non-hydrogen) atoms. The van der Waals surface area contributed by atoms with Crippen LogP contribution in [0, 0.1) is 11.6 Å². The van der Waals surface area contributed by atoms with Crippen LogP contribution in [0.3, 0.4) is 0 Å². The second kappa shape index (κ2) is 6.48. The summed E-state index contributed by atoms with van der Waals surface area (Å²) in [5.41, 5.74) is 0.459. The Labute approximate surface area is 116 Å². The molecule has 0 spiro atoms. The third-order valence-electron chi connectivity index (χ3n) is 3.01. The summed E-state index contributed by atoms with van der Waals surface area (Å²) in [5, 5.41) is 10.1. The average Bonchev–Trinajstić information content (AvgIpc) is 2.43. The maximum atomic E-state index is 13.6. The van der Waals surface area contributed by atoms with Crippen LogP contribution >= 0.6 is 0 Å². The summed E-state index contributed by atoms with van der Waals surface area (Å²) in [6, 6.07) is 10.5. The van der Waals surface area contributed by atoms with E-state index in [0.717, 1.165) is 0 Å². The van der Waals surface area contributed by atoms with E-state index in [0.29, 0.717) is 17.9 Å². The van der Waals surface area contributed by atoms with Gasteiger partial charge in [0.2, 0.25) is 0 Å². The highest BCUT2D eigenvalue weighted by atomic mass is 19.1. The van der Waals surface area contributed by atoms with Crippen molar-refractivity contribution in [2.45, 2.75) is 19.4 Å². The molecule has 2 nitrogen and oxygen atoms in total. The number of aliphatic hydroxyl groups excluding tert-OH is 1. The van der Waals surface area contributed by atoms with Crippen molar-refractivity contribution >= 4 is 0 Å². The first-order chi connectivity index (χ1) is 9.61. The minimum absolute atomic E-state index is 0.109. The predicted molar refractivity (Wildman–Crippen MR) is 72.6 cm³/mol. The van der Waals surface area contributed by atoms with Crippen molar-refractivity contribution < 1.29 is 18.6 Å². The molecule has 0 heterocycles. The zero-order valence-electron chi connectivity index (χ0n) is 11.1. The van der Waals surface area contributed by atoms with Crippen LogP contribution in [0.25, 0.3) is 0 Å². The van der Waals surface area contributed by atoms with E-state index in [9.17, 15) is 13.9 Å². The summed E-state index contributed by atoms with van der Waals surface area (Å²) >= 11 is 0. The van der Waals surface area contributed by atoms with Crippen molar-refractivity contribution in [3.8, 4) is 5.75 Å². The minimum atomic E-state index is -0.984. The largest absolute Gasteiger partial charge is 0.494 e. The Hall–Kier alpha value is -1.94. The molecule has 106 valence electrons. The number of hydrogen-bond acceptors (Lipinski definition) is 2. The van der Waals surface area contributed by atoms with Gasteiger partial charge in [-0.25, -0.2) is 8.78 Å². The molecule has 0 radical (unpaired) electrons. The number of rotatable bonds is 5. The maximum absolute atomic E-state index is 13.6. The van der Waals surface area contributed by atoms with Crippen molar-refractivity contribution in [1.82, 2.24) is 0 Å². The van der Waals surface area contributed by atoms with Crippen LogP contribution in [0.4, 0.5) is 8.78 Å². The molecule has 0 bridgehead atoms. The molecule has 0 fully saturated rings. The highest BCUT2D eigenvalue weighted by Crippen LogP contribution is 2.24. The van der Waals surface area contributed by atoms with E-state index in [1.165, 1.54) is 18.2 Å². The molecule has 4 heteroatoms. The lowest BCUT2D eigenvalue weighted by atomic mass is 10.0. The van der Waals surface area contributed by atoms with Gasteiger partial charge in [-0.2, -0.15) is 0 Å². The Morgan fingerprint density at radius 3 is 2.40 bits per heavy atom. The van der Waals surface area contributed by atoms with E-state index in [2.05, 4.69) is 0 Å². The van der Waals surface area contributed by atoms with Crippen molar-refractivity contribution in [2.24, 2.45) is 0 Å². The number of aliphatic hydroxyl groups is 1. The molecule has 1 N–H and O–H groups in total. The van der Waals surface area contributed by atoms with E-state index in [1.54, 1.807) is 24.3 Å². The lowest BCUT2D eigenvalue weighted by Gasteiger charge is -2.13. The molecular weight excluding hydrogens is 262 g/mol. The number of halogens is 2. The van der Waals surface area contributed by atoms with Gasteiger partial charge in [-0.05, 0) is 36.8 Å². The fraction of sp³-hybridized carbons (Fsp3) is 0.250. The molecule has 2 aromatic rings. The van der Waals surface area contributed by atoms with Crippen LogP contribution < -0.4 is 4.74 Å². The SMILES string of the molecule is CCOc1cccc(C(O)Cc2c(F)cccc2F)c1. The van der Waals surface area contributed by atoms with E-state index in [1.807, 2.05) is 6.92 Å². The van der Waals surface area contributed by atoms with E-state index < -0.39 is 17.7 Å². The molecule has 0 aliphatic rings. The molecule has 0 aliphatic heterocycles. The molecule has 1 atom stereocenters. The Balaban J connectivity index is 2.19. The third kappa shape index (κ3) is 3.33. The lowest BCUT2D eigenvalue weighted by Crippen LogP contribution is -2.06. The predicted octanol–water partition coefficient (Wildman–Crippen LogP) is 3.64. The summed E-state index contributed by atoms with van der Waals surface area (Å²) in [6.45, 7) is 2.37. The molecule has 2 rings (SSSR count). The summed E-state index contributed by atoms with van der Waals surface area (Å²) in [7, 11) is 0. The fourth-order valence-electron chi connectivity index (χ4n) is 2.02. The van der Waals surface area contributed by atoms with Crippen LogP contribution in [-0.2, 0) is 6.42 Å². The second-order valence-electron chi connectivity index (χ2n) is 4.43. The molecule has 0 amide bonds. The van der Waals surface area contributed by atoms with Crippen molar-refractivity contribution in [1.29, 1.82) is 0 Å². The number of benzene rings is 2. The number of ether oxygens (including phenoxy) is 1. The molecule has 0 aromatic heterocycles. The normalized spacial score (nSPS) is 12.2. The van der Waals surface area contributed by atoms with Gasteiger partial charge < -0.3 is 9.84 Å². The second-order valence-corrected chi connectivity index (χ2v) is 4.43. The highest BCUT2D eigenvalue weighted by Gasteiger charge is 2.15. The van der Waals surface area contributed by atoms with Gasteiger partial charge in [0.25, 0.3) is 0 Å². The zero-order chi connectivity index (χ0) is 14.5. The third-order valence-corrected chi connectivity index (χ3v) is 3.01.